The summed E-state index contributed by atoms with van der Waals surface area (Å²) in [5, 5.41) is 21.2. The van der Waals surface area contributed by atoms with Crippen LogP contribution in [0.1, 0.15) is 34.6 Å². The van der Waals surface area contributed by atoms with Crippen LogP contribution in [0.5, 0.6) is 0 Å². The second-order valence-electron chi connectivity index (χ2n) is 8.70. The number of allylic oxidation sites excluding steroid dienone is 1. The van der Waals surface area contributed by atoms with Gasteiger partial charge in [-0.15, -0.1) is 0 Å². The molecule has 2 N–H and O–H groups in total. The minimum absolute atomic E-state index is 0.0155. The summed E-state index contributed by atoms with van der Waals surface area (Å²) in [4.78, 5) is 41.8. The van der Waals surface area contributed by atoms with Gasteiger partial charge in [0, 0.05) is 29.9 Å². The Kier molecular flexibility index (Phi) is 5.90. The van der Waals surface area contributed by atoms with Crippen molar-refractivity contribution in [1.29, 1.82) is 0 Å². The zero-order chi connectivity index (χ0) is 23.3. The van der Waals surface area contributed by atoms with Crippen molar-refractivity contribution >= 4 is 17.9 Å². The number of aliphatic hydroxyl groups is 1. The maximum atomic E-state index is 12.7. The van der Waals surface area contributed by atoms with Crippen LogP contribution in [-0.4, -0.2) is 57.8 Å². The molecule has 1 heterocycles. The summed E-state index contributed by atoms with van der Waals surface area (Å²) >= 11 is 0. The predicted octanol–water partition coefficient (Wildman–Crippen LogP) is 1.71. The average molecular weight is 436 g/mol. The van der Waals surface area contributed by atoms with Gasteiger partial charge in [0.1, 0.15) is 17.3 Å². The van der Waals surface area contributed by atoms with E-state index in [0.717, 1.165) is 0 Å². The number of hydrogen-bond acceptors (Lipinski definition) is 9. The molecular formula is C22H28O9. The normalized spacial score (nSPS) is 41.8. The number of carbonyl (C=O) groups is 3. The molecule has 3 aliphatic rings. The fourth-order valence-electron chi connectivity index (χ4n) is 4.90. The minimum atomic E-state index is -1.77. The van der Waals surface area contributed by atoms with Gasteiger partial charge >= 0.3 is 17.9 Å². The standard InChI is InChI=1S/C22H28O9/c1-7-10(2)19(24)30-17-14-11(3)20(25)29-16(14)15-13(8-9-21(15,5)31-27)22(6,26)18(17)28-12(4)23/h7-9,13-18,26-27H,3H2,1-2,4-6H3/b10-7-/t13-,14+,15+,16+,17-,18-,21-,22+/m1/s1. The molecule has 0 radical (unpaired) electrons. The maximum Gasteiger partial charge on any atom is 0.334 e. The summed E-state index contributed by atoms with van der Waals surface area (Å²) in [5.74, 6) is -4.59. The van der Waals surface area contributed by atoms with Crippen molar-refractivity contribution < 1.29 is 43.8 Å². The smallest absolute Gasteiger partial charge is 0.334 e. The van der Waals surface area contributed by atoms with Crippen LogP contribution in [0.25, 0.3) is 0 Å². The first kappa shape index (κ1) is 23.2. The fourth-order valence-corrected chi connectivity index (χ4v) is 4.90. The van der Waals surface area contributed by atoms with Crippen molar-refractivity contribution in [2.75, 3.05) is 0 Å². The first-order valence-electron chi connectivity index (χ1n) is 10.0. The van der Waals surface area contributed by atoms with Gasteiger partial charge in [-0.05, 0) is 27.7 Å². The van der Waals surface area contributed by atoms with E-state index in [1.807, 2.05) is 0 Å². The number of ether oxygens (including phenoxy) is 3. The molecule has 1 aliphatic heterocycles. The third kappa shape index (κ3) is 3.60. The Balaban J connectivity index is 2.20. The maximum absolute atomic E-state index is 12.7. The second-order valence-corrected chi connectivity index (χ2v) is 8.70. The molecule has 170 valence electrons. The number of carbonyl (C=O) groups excluding carboxylic acids is 3. The Morgan fingerprint density at radius 2 is 1.90 bits per heavy atom. The molecule has 0 amide bonds. The Morgan fingerprint density at radius 1 is 1.26 bits per heavy atom. The third-order valence-electron chi connectivity index (χ3n) is 6.69. The summed E-state index contributed by atoms with van der Waals surface area (Å²) in [6.45, 7) is 11.2. The molecule has 1 saturated carbocycles. The van der Waals surface area contributed by atoms with Gasteiger partial charge in [-0.1, -0.05) is 24.8 Å². The average Bonchev–Trinajstić information content (AvgIpc) is 3.18. The summed E-state index contributed by atoms with van der Waals surface area (Å²) in [5.41, 5.74) is -2.78. The van der Waals surface area contributed by atoms with Crippen molar-refractivity contribution in [2.45, 2.75) is 64.1 Å². The molecule has 2 aliphatic carbocycles. The molecule has 0 aromatic rings. The Labute approximate surface area is 180 Å². The molecular weight excluding hydrogens is 408 g/mol. The lowest BCUT2D eigenvalue weighted by Crippen LogP contribution is -2.56. The van der Waals surface area contributed by atoms with Crippen molar-refractivity contribution in [1.82, 2.24) is 0 Å². The lowest BCUT2D eigenvalue weighted by Gasteiger charge is -2.41. The zero-order valence-electron chi connectivity index (χ0n) is 18.2. The molecule has 2 fully saturated rings. The van der Waals surface area contributed by atoms with E-state index in [0.29, 0.717) is 5.57 Å². The highest BCUT2D eigenvalue weighted by molar-refractivity contribution is 5.92. The van der Waals surface area contributed by atoms with Gasteiger partial charge in [0.25, 0.3) is 0 Å². The van der Waals surface area contributed by atoms with Gasteiger partial charge in [0.2, 0.25) is 0 Å². The van der Waals surface area contributed by atoms with E-state index in [1.54, 1.807) is 39.0 Å². The highest BCUT2D eigenvalue weighted by atomic mass is 17.1. The van der Waals surface area contributed by atoms with Crippen molar-refractivity contribution in [3.8, 4) is 0 Å². The summed E-state index contributed by atoms with van der Waals surface area (Å²) in [6, 6.07) is 0. The van der Waals surface area contributed by atoms with E-state index in [4.69, 9.17) is 19.1 Å². The molecule has 1 saturated heterocycles. The van der Waals surface area contributed by atoms with Crippen molar-refractivity contribution in [2.24, 2.45) is 17.8 Å². The summed E-state index contributed by atoms with van der Waals surface area (Å²) in [6.07, 6.45) is 1.14. The first-order valence-corrected chi connectivity index (χ1v) is 10.0. The van der Waals surface area contributed by atoms with E-state index >= 15 is 0 Å². The first-order chi connectivity index (χ1) is 14.4. The molecule has 8 atom stereocenters. The SMILES string of the molecule is C=C1C(=O)O[C@H]2[C@H]1[C@@H](OC(=O)/C(C)=C\C)[C@@H](OC(C)=O)[C@@](C)(O)[C@@H]1C=C[C@@](C)(OO)[C@H]21. The van der Waals surface area contributed by atoms with Crippen molar-refractivity contribution in [3.05, 3.63) is 36.0 Å². The number of fused-ring (bicyclic) bond motifs is 3. The van der Waals surface area contributed by atoms with Crippen LogP contribution in [0.4, 0.5) is 0 Å². The molecule has 0 aromatic carbocycles. The molecule has 9 nitrogen and oxygen atoms in total. The Morgan fingerprint density at radius 3 is 2.45 bits per heavy atom. The molecule has 0 bridgehead atoms. The van der Waals surface area contributed by atoms with Crippen LogP contribution in [0.3, 0.4) is 0 Å². The second kappa shape index (κ2) is 7.89. The van der Waals surface area contributed by atoms with Gasteiger partial charge in [-0.3, -0.25) is 10.1 Å². The lowest BCUT2D eigenvalue weighted by molar-refractivity contribution is -0.324. The monoisotopic (exact) mass is 436 g/mol. The third-order valence-corrected chi connectivity index (χ3v) is 6.69. The highest BCUT2D eigenvalue weighted by Gasteiger charge is 2.67. The van der Waals surface area contributed by atoms with Crippen LogP contribution in [0.15, 0.2) is 36.0 Å². The summed E-state index contributed by atoms with van der Waals surface area (Å²) in [7, 11) is 0. The molecule has 3 rings (SSSR count). The van der Waals surface area contributed by atoms with E-state index in [1.165, 1.54) is 13.8 Å². The molecule has 9 heteroatoms. The Bertz CT molecular complexity index is 870. The molecule has 0 unspecified atom stereocenters. The minimum Gasteiger partial charge on any atom is -0.458 e. The van der Waals surface area contributed by atoms with Gasteiger partial charge in [0.15, 0.2) is 12.2 Å². The van der Waals surface area contributed by atoms with E-state index in [-0.39, 0.29) is 5.57 Å². The van der Waals surface area contributed by atoms with E-state index in [2.05, 4.69) is 6.58 Å². The quantitative estimate of drug-likeness (QED) is 0.169. The lowest BCUT2D eigenvalue weighted by atomic mass is 9.73. The van der Waals surface area contributed by atoms with Gasteiger partial charge in [-0.25, -0.2) is 14.5 Å². The molecule has 0 aromatic heterocycles. The number of rotatable bonds is 4. The van der Waals surface area contributed by atoms with Crippen LogP contribution in [0, 0.1) is 17.8 Å². The largest absolute Gasteiger partial charge is 0.458 e. The molecule has 31 heavy (non-hydrogen) atoms. The Hall–Kier alpha value is -2.49. The van der Waals surface area contributed by atoms with Crippen LogP contribution < -0.4 is 0 Å². The summed E-state index contributed by atoms with van der Waals surface area (Å²) < 4.78 is 16.8. The van der Waals surface area contributed by atoms with Crippen LogP contribution in [-0.2, 0) is 33.5 Å². The molecule has 0 spiro atoms. The van der Waals surface area contributed by atoms with Crippen LogP contribution >= 0.6 is 0 Å². The van der Waals surface area contributed by atoms with Gasteiger partial charge < -0.3 is 19.3 Å². The van der Waals surface area contributed by atoms with E-state index in [9.17, 15) is 24.7 Å². The van der Waals surface area contributed by atoms with E-state index < -0.39 is 65.2 Å². The van der Waals surface area contributed by atoms with Crippen molar-refractivity contribution in [3.63, 3.8) is 0 Å². The zero-order valence-corrected chi connectivity index (χ0v) is 18.2. The number of esters is 3. The van der Waals surface area contributed by atoms with Gasteiger partial charge in [-0.2, -0.15) is 0 Å². The number of hydrogen-bond donors (Lipinski definition) is 2. The fraction of sp³-hybridized carbons (Fsp3) is 0.591. The predicted molar refractivity (Wildman–Crippen MR) is 106 cm³/mol. The topological polar surface area (TPSA) is 129 Å². The highest BCUT2D eigenvalue weighted by Crippen LogP contribution is 2.55. The van der Waals surface area contributed by atoms with Crippen LogP contribution in [0.2, 0.25) is 0 Å². The van der Waals surface area contributed by atoms with Gasteiger partial charge in [0.05, 0.1) is 5.92 Å².